The molecule has 2 N–H and O–H groups in total. The Morgan fingerprint density at radius 3 is 2.21 bits per heavy atom. The number of nitrogens with one attached hydrogen (secondary N) is 2. The van der Waals surface area contributed by atoms with Gasteiger partial charge >= 0.3 is 0 Å². The van der Waals surface area contributed by atoms with Gasteiger partial charge in [-0.05, 0) is 44.2 Å². The van der Waals surface area contributed by atoms with Gasteiger partial charge in [-0.15, -0.1) is 0 Å². The number of hydrogen-bond acceptors (Lipinski definition) is 3. The zero-order valence-electron chi connectivity index (χ0n) is 9.27. The number of benzene rings is 1. The van der Waals surface area contributed by atoms with Crippen LogP contribution in [0.1, 0.15) is 11.1 Å². The fourth-order valence-corrected chi connectivity index (χ4v) is 1.56. The molecule has 3 heteroatoms. The van der Waals surface area contributed by atoms with E-state index in [1.807, 2.05) is 7.05 Å². The molecule has 1 aromatic carbocycles. The van der Waals surface area contributed by atoms with Crippen molar-refractivity contribution in [3.05, 3.63) is 23.3 Å². The van der Waals surface area contributed by atoms with Crippen LogP contribution in [0.15, 0.2) is 12.1 Å². The summed E-state index contributed by atoms with van der Waals surface area (Å²) in [5.41, 5.74) is 3.44. The van der Waals surface area contributed by atoms with Crippen molar-refractivity contribution < 1.29 is 4.74 Å². The summed E-state index contributed by atoms with van der Waals surface area (Å²) in [6.07, 6.45) is 0. The molecule has 0 amide bonds. The molecule has 0 atom stereocenters. The van der Waals surface area contributed by atoms with Gasteiger partial charge in [-0.1, -0.05) is 0 Å². The molecule has 14 heavy (non-hydrogen) atoms. The van der Waals surface area contributed by atoms with Crippen LogP contribution in [0.5, 0.6) is 5.75 Å². The SMILES string of the molecule is CNCNc1cc(C)c(OC)c(C)c1. The Morgan fingerprint density at radius 1 is 1.21 bits per heavy atom. The molecular weight excluding hydrogens is 176 g/mol. The van der Waals surface area contributed by atoms with E-state index >= 15 is 0 Å². The normalized spacial score (nSPS) is 10.0. The van der Waals surface area contributed by atoms with Crippen LogP contribution in [-0.4, -0.2) is 20.8 Å². The van der Waals surface area contributed by atoms with Gasteiger partial charge in [0, 0.05) is 5.69 Å². The Morgan fingerprint density at radius 2 is 1.79 bits per heavy atom. The van der Waals surface area contributed by atoms with Gasteiger partial charge in [0.25, 0.3) is 0 Å². The highest BCUT2D eigenvalue weighted by molar-refractivity contribution is 5.54. The predicted molar refractivity (Wildman–Crippen MR) is 60.0 cm³/mol. The maximum atomic E-state index is 5.29. The van der Waals surface area contributed by atoms with Crippen LogP contribution in [0.25, 0.3) is 0 Å². The lowest BCUT2D eigenvalue weighted by molar-refractivity contribution is 0.408. The molecule has 0 saturated carbocycles. The summed E-state index contributed by atoms with van der Waals surface area (Å²) < 4.78 is 5.29. The number of methoxy groups -OCH3 is 1. The van der Waals surface area contributed by atoms with Gasteiger partial charge in [-0.3, -0.25) is 0 Å². The van der Waals surface area contributed by atoms with Crippen LogP contribution in [0.4, 0.5) is 5.69 Å². The Kier molecular flexibility index (Phi) is 3.77. The van der Waals surface area contributed by atoms with E-state index in [4.69, 9.17) is 4.74 Å². The van der Waals surface area contributed by atoms with E-state index in [1.165, 1.54) is 0 Å². The fraction of sp³-hybridized carbons (Fsp3) is 0.455. The monoisotopic (exact) mass is 194 g/mol. The van der Waals surface area contributed by atoms with Crippen molar-refractivity contribution in [3.8, 4) is 5.75 Å². The summed E-state index contributed by atoms with van der Waals surface area (Å²) >= 11 is 0. The first-order chi connectivity index (χ1) is 6.69. The molecule has 78 valence electrons. The lowest BCUT2D eigenvalue weighted by Crippen LogP contribution is -2.16. The van der Waals surface area contributed by atoms with E-state index in [-0.39, 0.29) is 0 Å². The molecule has 1 rings (SSSR count). The standard InChI is InChI=1S/C11H18N2O/c1-8-5-10(13-7-12-3)6-9(2)11(8)14-4/h5-6,12-13H,7H2,1-4H3. The summed E-state index contributed by atoms with van der Waals surface area (Å²) in [5, 5.41) is 6.30. The lowest BCUT2D eigenvalue weighted by Gasteiger charge is -2.12. The molecule has 0 spiro atoms. The van der Waals surface area contributed by atoms with E-state index in [2.05, 4.69) is 36.6 Å². The highest BCUT2D eigenvalue weighted by Crippen LogP contribution is 2.26. The molecule has 3 nitrogen and oxygen atoms in total. The van der Waals surface area contributed by atoms with Crippen molar-refractivity contribution >= 4 is 5.69 Å². The summed E-state index contributed by atoms with van der Waals surface area (Å²) in [7, 11) is 3.62. The predicted octanol–water partition coefficient (Wildman–Crippen LogP) is 1.90. The van der Waals surface area contributed by atoms with Crippen molar-refractivity contribution in [2.24, 2.45) is 0 Å². The van der Waals surface area contributed by atoms with Crippen LogP contribution in [-0.2, 0) is 0 Å². The number of hydrogen-bond donors (Lipinski definition) is 2. The van der Waals surface area contributed by atoms with E-state index in [9.17, 15) is 0 Å². The zero-order valence-corrected chi connectivity index (χ0v) is 9.27. The molecule has 0 saturated heterocycles. The largest absolute Gasteiger partial charge is 0.496 e. The molecule has 0 aliphatic carbocycles. The fourth-order valence-electron chi connectivity index (χ4n) is 1.56. The molecule has 0 unspecified atom stereocenters. The van der Waals surface area contributed by atoms with Gasteiger partial charge in [0.15, 0.2) is 0 Å². The van der Waals surface area contributed by atoms with Gasteiger partial charge in [0.05, 0.1) is 13.8 Å². The van der Waals surface area contributed by atoms with Crippen molar-refractivity contribution in [2.45, 2.75) is 13.8 Å². The minimum absolute atomic E-state index is 0.769. The third-order valence-corrected chi connectivity index (χ3v) is 2.13. The van der Waals surface area contributed by atoms with Crippen LogP contribution in [0, 0.1) is 13.8 Å². The van der Waals surface area contributed by atoms with E-state index in [0.29, 0.717) is 0 Å². The third-order valence-electron chi connectivity index (χ3n) is 2.13. The Labute approximate surface area is 85.5 Å². The first kappa shape index (κ1) is 10.9. The molecule has 0 aliphatic rings. The summed E-state index contributed by atoms with van der Waals surface area (Å²) in [6.45, 7) is 4.87. The Hall–Kier alpha value is -1.22. The Balaban J connectivity index is 2.90. The zero-order chi connectivity index (χ0) is 10.6. The third kappa shape index (κ3) is 2.39. The van der Waals surface area contributed by atoms with Gasteiger partial charge in [0.1, 0.15) is 5.75 Å². The average Bonchev–Trinajstić information content (AvgIpc) is 2.14. The quantitative estimate of drug-likeness (QED) is 0.718. The highest BCUT2D eigenvalue weighted by atomic mass is 16.5. The number of ether oxygens (including phenoxy) is 1. The smallest absolute Gasteiger partial charge is 0.124 e. The van der Waals surface area contributed by atoms with Gasteiger partial charge in [-0.25, -0.2) is 0 Å². The minimum Gasteiger partial charge on any atom is -0.496 e. The van der Waals surface area contributed by atoms with Crippen LogP contribution < -0.4 is 15.4 Å². The minimum atomic E-state index is 0.769. The van der Waals surface area contributed by atoms with Crippen molar-refractivity contribution in [2.75, 3.05) is 26.1 Å². The van der Waals surface area contributed by atoms with Gasteiger partial charge in [-0.2, -0.15) is 0 Å². The topological polar surface area (TPSA) is 33.3 Å². The molecular formula is C11H18N2O. The van der Waals surface area contributed by atoms with E-state index in [0.717, 1.165) is 29.2 Å². The van der Waals surface area contributed by atoms with Crippen molar-refractivity contribution in [1.82, 2.24) is 5.32 Å². The van der Waals surface area contributed by atoms with Crippen molar-refractivity contribution in [1.29, 1.82) is 0 Å². The summed E-state index contributed by atoms with van der Waals surface area (Å²) in [4.78, 5) is 0. The van der Waals surface area contributed by atoms with Crippen LogP contribution >= 0.6 is 0 Å². The molecule has 0 heterocycles. The maximum Gasteiger partial charge on any atom is 0.124 e. The summed E-state index contributed by atoms with van der Waals surface area (Å²) in [5.74, 6) is 0.972. The van der Waals surface area contributed by atoms with Gasteiger partial charge < -0.3 is 15.4 Å². The molecule has 0 radical (unpaired) electrons. The second kappa shape index (κ2) is 4.86. The molecule has 0 aromatic heterocycles. The second-order valence-corrected chi connectivity index (χ2v) is 3.35. The van der Waals surface area contributed by atoms with E-state index in [1.54, 1.807) is 7.11 Å². The average molecular weight is 194 g/mol. The van der Waals surface area contributed by atoms with Crippen molar-refractivity contribution in [3.63, 3.8) is 0 Å². The molecule has 0 aliphatic heterocycles. The first-order valence-corrected chi connectivity index (χ1v) is 4.72. The molecule has 0 fully saturated rings. The molecule has 1 aromatic rings. The lowest BCUT2D eigenvalue weighted by atomic mass is 10.1. The Bertz CT molecular complexity index is 287. The second-order valence-electron chi connectivity index (χ2n) is 3.35. The molecule has 0 bridgehead atoms. The van der Waals surface area contributed by atoms with Crippen LogP contribution in [0.2, 0.25) is 0 Å². The van der Waals surface area contributed by atoms with E-state index < -0.39 is 0 Å². The number of aryl methyl sites for hydroxylation is 2. The number of anilines is 1. The number of rotatable bonds is 4. The first-order valence-electron chi connectivity index (χ1n) is 4.72. The highest BCUT2D eigenvalue weighted by Gasteiger charge is 2.04. The van der Waals surface area contributed by atoms with Gasteiger partial charge in [0.2, 0.25) is 0 Å². The summed E-state index contributed by atoms with van der Waals surface area (Å²) in [6, 6.07) is 4.17. The van der Waals surface area contributed by atoms with Crippen LogP contribution in [0.3, 0.4) is 0 Å². The maximum absolute atomic E-state index is 5.29.